The molecule has 0 bridgehead atoms. The summed E-state index contributed by atoms with van der Waals surface area (Å²) < 4.78 is 22.6. The van der Waals surface area contributed by atoms with E-state index in [0.29, 0.717) is 18.7 Å². The zero-order valence-electron chi connectivity index (χ0n) is 18.3. The van der Waals surface area contributed by atoms with Gasteiger partial charge in [0, 0.05) is 45.9 Å². The number of nitrogen functional groups attached to an aromatic ring is 1. The molecule has 1 saturated heterocycles. The van der Waals surface area contributed by atoms with Crippen molar-refractivity contribution in [3.05, 3.63) is 107 Å². The van der Waals surface area contributed by atoms with Crippen molar-refractivity contribution in [3.8, 4) is 16.8 Å². The van der Waals surface area contributed by atoms with Gasteiger partial charge in [-0.05, 0) is 66.1 Å². The average Bonchev–Trinajstić information content (AvgIpc) is 3.43. The van der Waals surface area contributed by atoms with Crippen molar-refractivity contribution in [2.75, 3.05) is 18.9 Å². The smallest absolute Gasteiger partial charge is 0.250 e. The number of anilines is 1. The van der Waals surface area contributed by atoms with Crippen LogP contribution < -0.4 is 5.73 Å². The first-order valence-electron chi connectivity index (χ1n) is 11.0. The molecule has 4 aromatic rings. The standard InChI is InChI=1S/C27H23BrFN3O2/c28-20-5-11-23(12-6-20)31-15-24(19-3-7-21(29)8-4-19)25(16-31)27-32(26(33)17-34-27)14-13-18-1-9-22(30)10-2-18/h1-12,15-16,27H,13-14,17,30H2/t27-/m0/s1. The Bertz CT molecular complexity index is 1300. The van der Waals surface area contributed by atoms with E-state index in [-0.39, 0.29) is 18.3 Å². The highest BCUT2D eigenvalue weighted by atomic mass is 79.9. The molecule has 7 heteroatoms. The number of carbonyl (C=O) groups excluding carboxylic acids is 1. The van der Waals surface area contributed by atoms with Gasteiger partial charge < -0.3 is 19.9 Å². The van der Waals surface area contributed by atoms with Gasteiger partial charge in [-0.15, -0.1) is 0 Å². The molecule has 5 nitrogen and oxygen atoms in total. The number of halogens is 2. The lowest BCUT2D eigenvalue weighted by molar-refractivity contribution is -0.128. The summed E-state index contributed by atoms with van der Waals surface area (Å²) in [4.78, 5) is 14.5. The van der Waals surface area contributed by atoms with E-state index in [1.54, 1.807) is 17.0 Å². The maximum absolute atomic E-state index is 13.6. The fourth-order valence-corrected chi connectivity index (χ4v) is 4.45. The van der Waals surface area contributed by atoms with E-state index in [0.717, 1.165) is 32.4 Å². The Morgan fingerprint density at radius 2 is 1.68 bits per heavy atom. The fourth-order valence-electron chi connectivity index (χ4n) is 4.19. The van der Waals surface area contributed by atoms with E-state index >= 15 is 0 Å². The molecular weight excluding hydrogens is 497 g/mol. The molecular formula is C27H23BrFN3O2. The Morgan fingerprint density at radius 1 is 0.971 bits per heavy atom. The van der Waals surface area contributed by atoms with Gasteiger partial charge in [-0.3, -0.25) is 4.79 Å². The van der Waals surface area contributed by atoms with Crippen molar-refractivity contribution in [3.63, 3.8) is 0 Å². The van der Waals surface area contributed by atoms with E-state index < -0.39 is 6.23 Å². The summed E-state index contributed by atoms with van der Waals surface area (Å²) in [6.07, 6.45) is 4.14. The van der Waals surface area contributed by atoms with Crippen molar-refractivity contribution in [1.82, 2.24) is 9.47 Å². The molecule has 1 aliphatic heterocycles. The minimum absolute atomic E-state index is 0.0265. The van der Waals surface area contributed by atoms with Gasteiger partial charge in [-0.2, -0.15) is 0 Å². The maximum atomic E-state index is 13.6. The molecule has 0 saturated carbocycles. The SMILES string of the molecule is Nc1ccc(CCN2C(=O)CO[C@H]2c2cn(-c3ccc(Br)cc3)cc2-c2ccc(F)cc2)cc1. The molecule has 172 valence electrons. The van der Waals surface area contributed by atoms with E-state index in [4.69, 9.17) is 10.5 Å². The topological polar surface area (TPSA) is 60.5 Å². The van der Waals surface area contributed by atoms with Gasteiger partial charge in [-0.1, -0.05) is 40.2 Å². The molecule has 0 aliphatic carbocycles. The molecule has 1 atom stereocenters. The van der Waals surface area contributed by atoms with Crippen LogP contribution in [0.2, 0.25) is 0 Å². The molecule has 1 amide bonds. The van der Waals surface area contributed by atoms with Gasteiger partial charge in [0.05, 0.1) is 0 Å². The van der Waals surface area contributed by atoms with Crippen molar-refractivity contribution in [2.45, 2.75) is 12.6 Å². The highest BCUT2D eigenvalue weighted by Gasteiger charge is 2.35. The number of ether oxygens (including phenoxy) is 1. The van der Waals surface area contributed by atoms with E-state index in [2.05, 4.69) is 15.9 Å². The van der Waals surface area contributed by atoms with Crippen LogP contribution in [-0.2, 0) is 16.0 Å². The highest BCUT2D eigenvalue weighted by Crippen LogP contribution is 2.37. The van der Waals surface area contributed by atoms with Crippen LogP contribution in [0.25, 0.3) is 16.8 Å². The Labute approximate surface area is 205 Å². The third-order valence-corrected chi connectivity index (χ3v) is 6.52. The van der Waals surface area contributed by atoms with Gasteiger partial charge in [0.1, 0.15) is 12.4 Å². The molecule has 0 unspecified atom stereocenters. The lowest BCUT2D eigenvalue weighted by Gasteiger charge is -2.24. The summed E-state index contributed by atoms with van der Waals surface area (Å²) in [5, 5.41) is 0. The summed E-state index contributed by atoms with van der Waals surface area (Å²) in [5.41, 5.74) is 11.2. The van der Waals surface area contributed by atoms with Crippen molar-refractivity contribution in [1.29, 1.82) is 0 Å². The molecule has 3 aromatic carbocycles. The van der Waals surface area contributed by atoms with E-state index in [9.17, 15) is 9.18 Å². The third-order valence-electron chi connectivity index (χ3n) is 5.99. The summed E-state index contributed by atoms with van der Waals surface area (Å²) in [6.45, 7) is 0.540. The van der Waals surface area contributed by atoms with Crippen LogP contribution >= 0.6 is 15.9 Å². The van der Waals surface area contributed by atoms with Crippen LogP contribution in [-0.4, -0.2) is 28.5 Å². The van der Waals surface area contributed by atoms with Crippen molar-refractivity contribution >= 4 is 27.5 Å². The number of amides is 1. The normalized spacial score (nSPS) is 15.8. The number of carbonyl (C=O) groups is 1. The Morgan fingerprint density at radius 3 is 2.38 bits per heavy atom. The average molecular weight is 520 g/mol. The van der Waals surface area contributed by atoms with Crippen LogP contribution in [0.1, 0.15) is 17.4 Å². The lowest BCUT2D eigenvalue weighted by Crippen LogP contribution is -2.30. The Balaban J connectivity index is 1.50. The quantitative estimate of drug-likeness (QED) is 0.331. The molecule has 1 aromatic heterocycles. The summed E-state index contributed by atoms with van der Waals surface area (Å²) in [6, 6.07) is 22.0. The molecule has 1 fully saturated rings. The first-order valence-corrected chi connectivity index (χ1v) is 11.8. The number of rotatable bonds is 6. The van der Waals surface area contributed by atoms with Crippen LogP contribution in [0.5, 0.6) is 0 Å². The number of aromatic nitrogens is 1. The Hall–Kier alpha value is -3.42. The van der Waals surface area contributed by atoms with Gasteiger partial charge in [0.2, 0.25) is 0 Å². The minimum Gasteiger partial charge on any atom is -0.399 e. The first-order chi connectivity index (χ1) is 16.5. The van der Waals surface area contributed by atoms with Crippen LogP contribution in [0.15, 0.2) is 89.7 Å². The molecule has 5 rings (SSSR count). The molecule has 1 aliphatic rings. The zero-order chi connectivity index (χ0) is 23.7. The second-order valence-corrected chi connectivity index (χ2v) is 9.18. The van der Waals surface area contributed by atoms with Crippen LogP contribution in [0.3, 0.4) is 0 Å². The molecule has 0 radical (unpaired) electrons. The number of hydrogen-bond donors (Lipinski definition) is 1. The molecule has 2 heterocycles. The van der Waals surface area contributed by atoms with Gasteiger partial charge in [0.15, 0.2) is 6.23 Å². The molecule has 0 spiro atoms. The monoisotopic (exact) mass is 519 g/mol. The molecule has 2 N–H and O–H groups in total. The summed E-state index contributed by atoms with van der Waals surface area (Å²) in [5.74, 6) is -0.350. The zero-order valence-corrected chi connectivity index (χ0v) is 19.9. The van der Waals surface area contributed by atoms with Gasteiger partial charge in [-0.25, -0.2) is 4.39 Å². The minimum atomic E-state index is -0.530. The maximum Gasteiger partial charge on any atom is 0.250 e. The third kappa shape index (κ3) is 4.62. The number of benzene rings is 3. The predicted octanol–water partition coefficient (Wildman–Crippen LogP) is 5.73. The number of nitrogens with two attached hydrogens (primary N) is 1. The predicted molar refractivity (Wildman–Crippen MR) is 134 cm³/mol. The molecule has 34 heavy (non-hydrogen) atoms. The second-order valence-electron chi connectivity index (χ2n) is 8.26. The van der Waals surface area contributed by atoms with Gasteiger partial charge >= 0.3 is 0 Å². The lowest BCUT2D eigenvalue weighted by atomic mass is 10.0. The van der Waals surface area contributed by atoms with Crippen LogP contribution in [0, 0.1) is 5.82 Å². The second kappa shape index (κ2) is 9.44. The van der Waals surface area contributed by atoms with E-state index in [1.807, 2.05) is 65.5 Å². The van der Waals surface area contributed by atoms with Crippen molar-refractivity contribution < 1.29 is 13.9 Å². The summed E-state index contributed by atoms with van der Waals surface area (Å²) in [7, 11) is 0. The summed E-state index contributed by atoms with van der Waals surface area (Å²) >= 11 is 3.47. The van der Waals surface area contributed by atoms with Crippen molar-refractivity contribution in [2.24, 2.45) is 0 Å². The number of nitrogens with zero attached hydrogens (tertiary/aromatic N) is 2. The number of hydrogen-bond acceptors (Lipinski definition) is 3. The first kappa shape index (κ1) is 22.4. The highest BCUT2D eigenvalue weighted by molar-refractivity contribution is 9.10. The van der Waals surface area contributed by atoms with Crippen LogP contribution in [0.4, 0.5) is 10.1 Å². The largest absolute Gasteiger partial charge is 0.399 e. The van der Waals surface area contributed by atoms with Gasteiger partial charge in [0.25, 0.3) is 5.91 Å². The van der Waals surface area contributed by atoms with E-state index in [1.165, 1.54) is 12.1 Å². The fraction of sp³-hybridized carbons (Fsp3) is 0.148. The Kier molecular flexibility index (Phi) is 6.22.